The van der Waals surface area contributed by atoms with Crippen molar-refractivity contribution >= 4 is 5.91 Å². The van der Waals surface area contributed by atoms with E-state index in [1.807, 2.05) is 25.1 Å². The van der Waals surface area contributed by atoms with Crippen LogP contribution in [0.5, 0.6) is 0 Å². The van der Waals surface area contributed by atoms with Crippen molar-refractivity contribution in [1.29, 1.82) is 0 Å². The van der Waals surface area contributed by atoms with Crippen molar-refractivity contribution in [1.82, 2.24) is 14.7 Å². The fraction of sp³-hybridized carbons (Fsp3) is 0.667. The summed E-state index contributed by atoms with van der Waals surface area (Å²) in [5.41, 5.74) is 1.70. The third kappa shape index (κ3) is 2.10. The SMILES string of the molecule is CCc1nn(C)cc1C(=O)N1CCCCC1. The van der Waals surface area contributed by atoms with Crippen LogP contribution in [0.3, 0.4) is 0 Å². The van der Waals surface area contributed by atoms with Gasteiger partial charge >= 0.3 is 0 Å². The summed E-state index contributed by atoms with van der Waals surface area (Å²) in [4.78, 5) is 14.2. The van der Waals surface area contributed by atoms with E-state index in [1.54, 1.807) is 4.68 Å². The van der Waals surface area contributed by atoms with Gasteiger partial charge in [0.1, 0.15) is 0 Å². The van der Waals surface area contributed by atoms with Crippen molar-refractivity contribution in [3.05, 3.63) is 17.5 Å². The Morgan fingerprint density at radius 3 is 2.69 bits per heavy atom. The number of carbonyl (C=O) groups is 1. The van der Waals surface area contributed by atoms with Crippen LogP contribution in [-0.2, 0) is 13.5 Å². The zero-order chi connectivity index (χ0) is 11.5. The van der Waals surface area contributed by atoms with Gasteiger partial charge in [-0.05, 0) is 25.7 Å². The number of amides is 1. The van der Waals surface area contributed by atoms with Gasteiger partial charge in [-0.2, -0.15) is 5.10 Å². The van der Waals surface area contributed by atoms with Crippen molar-refractivity contribution in [2.24, 2.45) is 7.05 Å². The summed E-state index contributed by atoms with van der Waals surface area (Å²) in [6.45, 7) is 3.84. The molecule has 0 atom stereocenters. The molecule has 88 valence electrons. The van der Waals surface area contributed by atoms with Crippen LogP contribution in [0.1, 0.15) is 42.2 Å². The molecule has 4 nitrogen and oxygen atoms in total. The zero-order valence-electron chi connectivity index (χ0n) is 10.1. The third-order valence-corrected chi connectivity index (χ3v) is 3.11. The highest BCUT2D eigenvalue weighted by atomic mass is 16.2. The number of nitrogens with zero attached hydrogens (tertiary/aromatic N) is 3. The standard InChI is InChI=1S/C12H19N3O/c1-3-11-10(9-14(2)13-11)12(16)15-7-5-4-6-8-15/h9H,3-8H2,1-2H3. The smallest absolute Gasteiger partial charge is 0.257 e. The molecule has 2 rings (SSSR count). The summed E-state index contributed by atoms with van der Waals surface area (Å²) in [5.74, 6) is 0.157. The second-order valence-corrected chi connectivity index (χ2v) is 4.37. The molecular weight excluding hydrogens is 202 g/mol. The lowest BCUT2D eigenvalue weighted by atomic mass is 10.1. The second kappa shape index (κ2) is 4.68. The summed E-state index contributed by atoms with van der Waals surface area (Å²) in [6.07, 6.45) is 6.17. The molecule has 16 heavy (non-hydrogen) atoms. The first-order valence-corrected chi connectivity index (χ1v) is 6.04. The maximum atomic E-state index is 12.3. The van der Waals surface area contributed by atoms with Gasteiger partial charge in [-0.15, -0.1) is 0 Å². The van der Waals surface area contributed by atoms with E-state index in [4.69, 9.17) is 0 Å². The minimum atomic E-state index is 0.157. The molecule has 1 aromatic rings. The Balaban J connectivity index is 2.18. The first kappa shape index (κ1) is 11.2. The monoisotopic (exact) mass is 221 g/mol. The number of rotatable bonds is 2. The Bertz CT molecular complexity index is 378. The third-order valence-electron chi connectivity index (χ3n) is 3.11. The maximum absolute atomic E-state index is 12.3. The van der Waals surface area contributed by atoms with E-state index in [-0.39, 0.29) is 5.91 Å². The van der Waals surface area contributed by atoms with Gasteiger partial charge in [-0.3, -0.25) is 9.48 Å². The number of likely N-dealkylation sites (tertiary alicyclic amines) is 1. The number of aryl methyl sites for hydroxylation is 2. The average molecular weight is 221 g/mol. The van der Waals surface area contributed by atoms with Gasteiger partial charge in [-0.25, -0.2) is 0 Å². The van der Waals surface area contributed by atoms with E-state index >= 15 is 0 Å². The van der Waals surface area contributed by atoms with E-state index < -0.39 is 0 Å². The van der Waals surface area contributed by atoms with Crippen molar-refractivity contribution in [3.8, 4) is 0 Å². The van der Waals surface area contributed by atoms with Gasteiger partial charge in [0.25, 0.3) is 5.91 Å². The van der Waals surface area contributed by atoms with Gasteiger partial charge in [0.15, 0.2) is 0 Å². The van der Waals surface area contributed by atoms with Crippen LogP contribution in [0.2, 0.25) is 0 Å². The quantitative estimate of drug-likeness (QED) is 0.761. The molecule has 0 spiro atoms. The van der Waals surface area contributed by atoms with Crippen LogP contribution in [0, 0.1) is 0 Å². The van der Waals surface area contributed by atoms with Crippen LogP contribution >= 0.6 is 0 Å². The zero-order valence-corrected chi connectivity index (χ0v) is 10.1. The highest BCUT2D eigenvalue weighted by Crippen LogP contribution is 2.15. The van der Waals surface area contributed by atoms with Crippen LogP contribution in [-0.4, -0.2) is 33.7 Å². The van der Waals surface area contributed by atoms with Gasteiger partial charge < -0.3 is 4.90 Å². The molecule has 1 aromatic heterocycles. The fourth-order valence-electron chi connectivity index (χ4n) is 2.24. The van der Waals surface area contributed by atoms with Crippen LogP contribution in [0.25, 0.3) is 0 Å². The lowest BCUT2D eigenvalue weighted by molar-refractivity contribution is 0.0723. The van der Waals surface area contributed by atoms with Crippen LogP contribution in [0.4, 0.5) is 0 Å². The normalized spacial score (nSPS) is 16.5. The molecule has 2 heterocycles. The Kier molecular flexibility index (Phi) is 3.27. The van der Waals surface area contributed by atoms with E-state index in [0.29, 0.717) is 0 Å². The van der Waals surface area contributed by atoms with E-state index in [2.05, 4.69) is 5.10 Å². The molecule has 0 aromatic carbocycles. The molecule has 1 fully saturated rings. The number of hydrogen-bond donors (Lipinski definition) is 0. The summed E-state index contributed by atoms with van der Waals surface area (Å²) < 4.78 is 1.73. The summed E-state index contributed by atoms with van der Waals surface area (Å²) >= 11 is 0. The molecule has 0 bridgehead atoms. The number of hydrogen-bond acceptors (Lipinski definition) is 2. The molecule has 0 saturated carbocycles. The first-order chi connectivity index (χ1) is 7.72. The molecule has 0 aliphatic carbocycles. The predicted molar refractivity (Wildman–Crippen MR) is 62.3 cm³/mol. The lowest BCUT2D eigenvalue weighted by Crippen LogP contribution is -2.35. The van der Waals surface area contributed by atoms with E-state index in [1.165, 1.54) is 6.42 Å². The maximum Gasteiger partial charge on any atom is 0.257 e. The van der Waals surface area contributed by atoms with Gasteiger partial charge in [0, 0.05) is 26.3 Å². The minimum absolute atomic E-state index is 0.157. The molecule has 0 radical (unpaired) electrons. The number of carbonyl (C=O) groups excluding carboxylic acids is 1. The molecule has 1 aliphatic heterocycles. The Labute approximate surface area is 96.2 Å². The Hall–Kier alpha value is -1.32. The van der Waals surface area contributed by atoms with Gasteiger partial charge in [-0.1, -0.05) is 6.92 Å². The highest BCUT2D eigenvalue weighted by Gasteiger charge is 2.22. The average Bonchev–Trinajstić information content (AvgIpc) is 2.70. The molecule has 1 amide bonds. The Morgan fingerprint density at radius 2 is 2.06 bits per heavy atom. The number of piperidine rings is 1. The van der Waals surface area contributed by atoms with Crippen molar-refractivity contribution in [2.45, 2.75) is 32.6 Å². The largest absolute Gasteiger partial charge is 0.339 e. The molecule has 1 saturated heterocycles. The van der Waals surface area contributed by atoms with Crippen molar-refractivity contribution in [2.75, 3.05) is 13.1 Å². The molecule has 4 heteroatoms. The van der Waals surface area contributed by atoms with Crippen molar-refractivity contribution < 1.29 is 4.79 Å². The predicted octanol–water partition coefficient (Wildman–Crippen LogP) is 1.61. The molecule has 1 aliphatic rings. The van der Waals surface area contributed by atoms with Crippen LogP contribution in [0.15, 0.2) is 6.20 Å². The van der Waals surface area contributed by atoms with Crippen LogP contribution < -0.4 is 0 Å². The molecule has 0 unspecified atom stereocenters. The Morgan fingerprint density at radius 1 is 1.38 bits per heavy atom. The first-order valence-electron chi connectivity index (χ1n) is 6.04. The van der Waals surface area contributed by atoms with E-state index in [9.17, 15) is 4.79 Å². The minimum Gasteiger partial charge on any atom is -0.339 e. The molecular formula is C12H19N3O. The second-order valence-electron chi connectivity index (χ2n) is 4.37. The van der Waals surface area contributed by atoms with Gasteiger partial charge in [0.05, 0.1) is 11.3 Å². The lowest BCUT2D eigenvalue weighted by Gasteiger charge is -2.26. The van der Waals surface area contributed by atoms with E-state index in [0.717, 1.165) is 43.6 Å². The summed E-state index contributed by atoms with van der Waals surface area (Å²) in [5, 5.41) is 4.31. The van der Waals surface area contributed by atoms with Crippen molar-refractivity contribution in [3.63, 3.8) is 0 Å². The fourth-order valence-corrected chi connectivity index (χ4v) is 2.24. The topological polar surface area (TPSA) is 38.1 Å². The van der Waals surface area contributed by atoms with Gasteiger partial charge in [0.2, 0.25) is 0 Å². The summed E-state index contributed by atoms with van der Waals surface area (Å²) in [7, 11) is 1.87. The highest BCUT2D eigenvalue weighted by molar-refractivity contribution is 5.95. The molecule has 0 N–H and O–H groups in total. The number of aromatic nitrogens is 2. The summed E-state index contributed by atoms with van der Waals surface area (Å²) in [6, 6.07) is 0.